The maximum atomic E-state index is 12.2. The average Bonchev–Trinajstić information content (AvgIpc) is 3.26. The average molecular weight is 864 g/mol. The highest BCUT2D eigenvalue weighted by Gasteiger charge is 2.26. The third kappa shape index (κ3) is 46.6. The normalized spacial score (nSPS) is 13.0. The van der Waals surface area contributed by atoms with Crippen LogP contribution in [0, 0.1) is 0 Å². The first-order chi connectivity index (χ1) is 30.0. The van der Waals surface area contributed by atoms with Crippen molar-refractivity contribution in [2.24, 2.45) is 0 Å². The van der Waals surface area contributed by atoms with Gasteiger partial charge >= 0.3 is 5.97 Å². The van der Waals surface area contributed by atoms with Gasteiger partial charge < -0.3 is 29.0 Å². The van der Waals surface area contributed by atoms with Gasteiger partial charge in [0, 0.05) is 39.4 Å². The molecule has 61 heavy (non-hydrogen) atoms. The molecule has 0 rings (SSSR count). The molecule has 0 aliphatic carbocycles. The van der Waals surface area contributed by atoms with Crippen molar-refractivity contribution in [3.8, 4) is 0 Å². The molecule has 0 bridgehead atoms. The van der Waals surface area contributed by atoms with Crippen LogP contribution in [0.25, 0.3) is 0 Å². The Hall–Kier alpha value is -1.25. The second-order valence-electron chi connectivity index (χ2n) is 17.9. The Kier molecular flexibility index (Phi) is 48.7. The summed E-state index contributed by atoms with van der Waals surface area (Å²) < 4.78 is 23.2. The number of likely N-dealkylation sites (N-methyl/N-ethyl adjacent to an activating group) is 1. The SMILES string of the molecule is CCCCCCCC/C=C\CCCCCCCCCOCCCC(O)(CCCOCCOC(=O)CCCCCCC/C=C\CCCCCCCC)CCOCCN(CC)CC. The Labute approximate surface area is 380 Å². The first kappa shape index (κ1) is 59.8. The summed E-state index contributed by atoms with van der Waals surface area (Å²) in [6, 6.07) is 0. The van der Waals surface area contributed by atoms with Gasteiger partial charge in [-0.1, -0.05) is 168 Å². The maximum Gasteiger partial charge on any atom is 0.305 e. The summed E-state index contributed by atoms with van der Waals surface area (Å²) in [5, 5.41) is 11.6. The first-order valence-electron chi connectivity index (χ1n) is 26.6. The number of esters is 1. The summed E-state index contributed by atoms with van der Waals surface area (Å²) >= 11 is 0. The fraction of sp³-hybridized carbons (Fsp3) is 0.907. The Morgan fingerprint density at radius 1 is 0.426 bits per heavy atom. The molecule has 0 amide bonds. The Bertz CT molecular complexity index is 923. The van der Waals surface area contributed by atoms with E-state index in [0.29, 0.717) is 65.3 Å². The van der Waals surface area contributed by atoms with Gasteiger partial charge in [0.05, 0.1) is 18.8 Å². The molecule has 0 aromatic heterocycles. The highest BCUT2D eigenvalue weighted by atomic mass is 16.6. The fourth-order valence-electron chi connectivity index (χ4n) is 7.94. The smallest absolute Gasteiger partial charge is 0.305 e. The molecule has 1 unspecified atom stereocenters. The zero-order valence-electron chi connectivity index (χ0n) is 41.4. The van der Waals surface area contributed by atoms with Gasteiger partial charge in [0.1, 0.15) is 6.61 Å². The molecule has 0 saturated carbocycles. The Morgan fingerprint density at radius 3 is 1.30 bits per heavy atom. The van der Waals surface area contributed by atoms with E-state index < -0.39 is 5.60 Å². The molecule has 0 fully saturated rings. The highest BCUT2D eigenvalue weighted by Crippen LogP contribution is 2.24. The van der Waals surface area contributed by atoms with Gasteiger partial charge in [0.2, 0.25) is 0 Å². The summed E-state index contributed by atoms with van der Waals surface area (Å²) in [7, 11) is 0. The van der Waals surface area contributed by atoms with Gasteiger partial charge in [-0.2, -0.15) is 0 Å². The molecule has 0 aliphatic heterocycles. The summed E-state index contributed by atoms with van der Waals surface area (Å²) in [6.45, 7) is 15.9. The lowest BCUT2D eigenvalue weighted by atomic mass is 9.89. The van der Waals surface area contributed by atoms with Crippen LogP contribution in [0.3, 0.4) is 0 Å². The quantitative estimate of drug-likeness (QED) is 0.0371. The predicted molar refractivity (Wildman–Crippen MR) is 263 cm³/mol. The van der Waals surface area contributed by atoms with Gasteiger partial charge in [-0.05, 0) is 109 Å². The van der Waals surface area contributed by atoms with Crippen molar-refractivity contribution in [1.82, 2.24) is 4.90 Å². The van der Waals surface area contributed by atoms with E-state index in [-0.39, 0.29) is 5.97 Å². The molecule has 0 aliphatic rings. The summed E-state index contributed by atoms with van der Waals surface area (Å²) in [5.41, 5.74) is -0.790. The van der Waals surface area contributed by atoms with Crippen molar-refractivity contribution in [2.75, 3.05) is 65.9 Å². The minimum atomic E-state index is -0.790. The Morgan fingerprint density at radius 2 is 0.820 bits per heavy atom. The number of aliphatic hydroxyl groups is 1. The van der Waals surface area contributed by atoms with Crippen molar-refractivity contribution < 1.29 is 28.8 Å². The molecule has 0 aromatic rings. The molecule has 1 atom stereocenters. The van der Waals surface area contributed by atoms with E-state index in [1.54, 1.807) is 0 Å². The minimum absolute atomic E-state index is 0.123. The highest BCUT2D eigenvalue weighted by molar-refractivity contribution is 5.69. The van der Waals surface area contributed by atoms with Crippen molar-refractivity contribution in [2.45, 2.75) is 252 Å². The molecular formula is C54H105NO6. The number of allylic oxidation sites excluding steroid dienone is 4. The van der Waals surface area contributed by atoms with E-state index in [0.717, 1.165) is 58.3 Å². The molecule has 7 nitrogen and oxygen atoms in total. The number of carbonyl (C=O) groups is 1. The number of hydrogen-bond acceptors (Lipinski definition) is 7. The van der Waals surface area contributed by atoms with Crippen molar-refractivity contribution in [3.63, 3.8) is 0 Å². The number of carbonyl (C=O) groups excluding carboxylic acids is 1. The van der Waals surface area contributed by atoms with Crippen molar-refractivity contribution >= 4 is 5.97 Å². The van der Waals surface area contributed by atoms with E-state index in [9.17, 15) is 9.90 Å². The second-order valence-corrected chi connectivity index (χ2v) is 17.9. The van der Waals surface area contributed by atoms with E-state index in [1.165, 1.54) is 161 Å². The van der Waals surface area contributed by atoms with Gasteiger partial charge in [0.25, 0.3) is 0 Å². The molecular weight excluding hydrogens is 759 g/mol. The number of rotatable bonds is 51. The molecule has 7 heteroatoms. The second kappa shape index (κ2) is 49.8. The zero-order chi connectivity index (χ0) is 44.4. The lowest BCUT2D eigenvalue weighted by molar-refractivity contribution is -0.145. The van der Waals surface area contributed by atoms with Gasteiger partial charge in [-0.3, -0.25) is 4.79 Å². The van der Waals surface area contributed by atoms with Crippen LogP contribution in [-0.2, 0) is 23.7 Å². The first-order valence-corrected chi connectivity index (χ1v) is 26.6. The zero-order valence-corrected chi connectivity index (χ0v) is 41.4. The van der Waals surface area contributed by atoms with Crippen molar-refractivity contribution in [1.29, 1.82) is 0 Å². The van der Waals surface area contributed by atoms with Crippen LogP contribution in [0.4, 0.5) is 0 Å². The lowest BCUT2D eigenvalue weighted by Gasteiger charge is -2.28. The number of nitrogens with zero attached hydrogens (tertiary/aromatic N) is 1. The monoisotopic (exact) mass is 864 g/mol. The summed E-state index contributed by atoms with van der Waals surface area (Å²) in [6.07, 6.45) is 49.7. The fourth-order valence-corrected chi connectivity index (χ4v) is 7.94. The summed E-state index contributed by atoms with van der Waals surface area (Å²) in [4.78, 5) is 14.5. The molecule has 362 valence electrons. The van der Waals surface area contributed by atoms with Crippen LogP contribution in [0.15, 0.2) is 24.3 Å². The third-order valence-corrected chi connectivity index (χ3v) is 12.2. The van der Waals surface area contributed by atoms with E-state index in [4.69, 9.17) is 18.9 Å². The minimum Gasteiger partial charge on any atom is -0.463 e. The molecule has 0 saturated heterocycles. The van der Waals surface area contributed by atoms with Crippen molar-refractivity contribution in [3.05, 3.63) is 24.3 Å². The van der Waals surface area contributed by atoms with Gasteiger partial charge in [-0.25, -0.2) is 0 Å². The van der Waals surface area contributed by atoms with Crippen LogP contribution in [0.2, 0.25) is 0 Å². The van der Waals surface area contributed by atoms with Gasteiger partial charge in [-0.15, -0.1) is 0 Å². The predicted octanol–water partition coefficient (Wildman–Crippen LogP) is 15.1. The maximum absolute atomic E-state index is 12.2. The van der Waals surface area contributed by atoms with Crippen LogP contribution < -0.4 is 0 Å². The standard InChI is InChI=1S/C54H105NO6/c1-5-9-11-13-15-17-19-21-23-24-26-28-30-32-34-36-38-46-58-47-39-42-54(57,44-49-60-50-45-55(7-3)8-4)43-40-48-59-51-52-61-53(56)41-37-35-33-31-29-27-25-22-20-18-16-14-12-10-6-2/h21-23,25,57H,5-20,24,26-52H2,1-4H3/b23-21-,25-22-. The Balaban J connectivity index is 4.01. The van der Waals surface area contributed by atoms with Crippen LogP contribution >= 0.6 is 0 Å². The van der Waals surface area contributed by atoms with Crippen LogP contribution in [-0.4, -0.2) is 87.5 Å². The van der Waals surface area contributed by atoms with Crippen LogP contribution in [0.5, 0.6) is 0 Å². The molecule has 0 radical (unpaired) electrons. The van der Waals surface area contributed by atoms with E-state index >= 15 is 0 Å². The third-order valence-electron chi connectivity index (χ3n) is 12.2. The number of unbranched alkanes of at least 4 members (excludes halogenated alkanes) is 24. The largest absolute Gasteiger partial charge is 0.463 e. The topological polar surface area (TPSA) is 77.5 Å². The summed E-state index contributed by atoms with van der Waals surface area (Å²) in [5.74, 6) is -0.123. The van der Waals surface area contributed by atoms with Gasteiger partial charge in [0.15, 0.2) is 0 Å². The number of ether oxygens (including phenoxy) is 4. The van der Waals surface area contributed by atoms with E-state index in [1.807, 2.05) is 0 Å². The lowest BCUT2D eigenvalue weighted by Crippen LogP contribution is -2.32. The molecule has 0 spiro atoms. The molecule has 0 aromatic carbocycles. The number of hydrogen-bond donors (Lipinski definition) is 1. The van der Waals surface area contributed by atoms with E-state index in [2.05, 4.69) is 56.9 Å². The molecule has 1 N–H and O–H groups in total. The molecule has 0 heterocycles. The van der Waals surface area contributed by atoms with Crippen LogP contribution in [0.1, 0.15) is 246 Å².